The van der Waals surface area contributed by atoms with E-state index in [1.54, 1.807) is 12.1 Å². The largest absolute Gasteiger partial charge is 0.313 e. The summed E-state index contributed by atoms with van der Waals surface area (Å²) in [6.07, 6.45) is 0. The quantitative estimate of drug-likeness (QED) is 0.763. The van der Waals surface area contributed by atoms with Gasteiger partial charge in [0.1, 0.15) is 0 Å². The van der Waals surface area contributed by atoms with E-state index in [9.17, 15) is 4.79 Å². The first-order valence-corrected chi connectivity index (χ1v) is 4.88. The summed E-state index contributed by atoms with van der Waals surface area (Å²) in [6, 6.07) is 3.72. The van der Waals surface area contributed by atoms with Crippen LogP contribution < -0.4 is 10.9 Å². The maximum atomic E-state index is 11.3. The molecule has 0 amide bonds. The molecule has 1 N–H and O–H groups in total. The predicted molar refractivity (Wildman–Crippen MR) is 56.4 cm³/mol. The van der Waals surface area contributed by atoms with Crippen LogP contribution in [0.2, 0.25) is 0 Å². The first kappa shape index (κ1) is 10.9. The SMILES string of the molecule is Cc1ccc(=O)n(CCNC(C)C)n1. The average Bonchev–Trinajstić information content (AvgIpc) is 2.10. The first-order valence-electron chi connectivity index (χ1n) is 4.88. The van der Waals surface area contributed by atoms with Crippen molar-refractivity contribution in [1.29, 1.82) is 0 Å². The van der Waals surface area contributed by atoms with Crippen LogP contribution in [0.15, 0.2) is 16.9 Å². The highest BCUT2D eigenvalue weighted by molar-refractivity contribution is 4.96. The molecule has 0 spiro atoms. The summed E-state index contributed by atoms with van der Waals surface area (Å²) < 4.78 is 1.49. The molecular weight excluding hydrogens is 178 g/mol. The molecule has 0 atom stereocenters. The summed E-state index contributed by atoms with van der Waals surface area (Å²) in [5.41, 5.74) is 0.829. The minimum absolute atomic E-state index is 0.0406. The van der Waals surface area contributed by atoms with Crippen molar-refractivity contribution in [3.8, 4) is 0 Å². The van der Waals surface area contributed by atoms with E-state index in [1.165, 1.54) is 4.68 Å². The third-order valence-electron chi connectivity index (χ3n) is 1.88. The predicted octanol–water partition coefficient (Wildman–Crippen LogP) is 0.550. The summed E-state index contributed by atoms with van der Waals surface area (Å²) in [5, 5.41) is 7.37. The molecule has 14 heavy (non-hydrogen) atoms. The minimum atomic E-state index is -0.0406. The van der Waals surface area contributed by atoms with Crippen molar-refractivity contribution in [3.05, 3.63) is 28.2 Å². The Morgan fingerprint density at radius 1 is 1.50 bits per heavy atom. The summed E-state index contributed by atoms with van der Waals surface area (Å²) in [4.78, 5) is 11.3. The summed E-state index contributed by atoms with van der Waals surface area (Å²) in [5.74, 6) is 0. The Bertz CT molecular complexity index is 343. The molecule has 0 aromatic carbocycles. The lowest BCUT2D eigenvalue weighted by atomic mass is 10.4. The highest BCUT2D eigenvalue weighted by atomic mass is 16.1. The number of hydrogen-bond donors (Lipinski definition) is 1. The maximum Gasteiger partial charge on any atom is 0.266 e. The van der Waals surface area contributed by atoms with Crippen molar-refractivity contribution in [3.63, 3.8) is 0 Å². The van der Waals surface area contributed by atoms with E-state index < -0.39 is 0 Å². The Hall–Kier alpha value is -1.16. The second kappa shape index (κ2) is 4.91. The Morgan fingerprint density at radius 3 is 2.86 bits per heavy atom. The van der Waals surface area contributed by atoms with Crippen LogP contribution in [-0.4, -0.2) is 22.4 Å². The molecule has 1 aromatic rings. The third-order valence-corrected chi connectivity index (χ3v) is 1.88. The van der Waals surface area contributed by atoms with Crippen molar-refractivity contribution in [2.45, 2.75) is 33.4 Å². The highest BCUT2D eigenvalue weighted by Crippen LogP contribution is 1.85. The van der Waals surface area contributed by atoms with Gasteiger partial charge >= 0.3 is 0 Å². The van der Waals surface area contributed by atoms with Gasteiger partial charge in [-0.2, -0.15) is 5.10 Å². The zero-order valence-corrected chi connectivity index (χ0v) is 8.95. The number of aromatic nitrogens is 2. The number of nitrogens with zero attached hydrogens (tertiary/aromatic N) is 2. The molecule has 0 fully saturated rings. The Kier molecular flexibility index (Phi) is 3.83. The summed E-state index contributed by atoms with van der Waals surface area (Å²) in [6.45, 7) is 7.43. The average molecular weight is 195 g/mol. The van der Waals surface area contributed by atoms with Crippen LogP contribution in [-0.2, 0) is 6.54 Å². The normalized spacial score (nSPS) is 10.9. The highest BCUT2D eigenvalue weighted by Gasteiger charge is 1.97. The van der Waals surface area contributed by atoms with Gasteiger partial charge in [0.05, 0.1) is 12.2 Å². The van der Waals surface area contributed by atoms with Gasteiger partial charge < -0.3 is 5.32 Å². The minimum Gasteiger partial charge on any atom is -0.313 e. The van der Waals surface area contributed by atoms with E-state index in [0.29, 0.717) is 12.6 Å². The van der Waals surface area contributed by atoms with Gasteiger partial charge in [-0.3, -0.25) is 4.79 Å². The van der Waals surface area contributed by atoms with E-state index in [2.05, 4.69) is 24.3 Å². The topological polar surface area (TPSA) is 46.9 Å². The summed E-state index contributed by atoms with van der Waals surface area (Å²) >= 11 is 0. The second-order valence-corrected chi connectivity index (χ2v) is 3.64. The van der Waals surface area contributed by atoms with Gasteiger partial charge in [-0.25, -0.2) is 4.68 Å². The Labute approximate surface area is 84.0 Å². The van der Waals surface area contributed by atoms with Crippen molar-refractivity contribution in [1.82, 2.24) is 15.1 Å². The van der Waals surface area contributed by atoms with Crippen LogP contribution in [0.25, 0.3) is 0 Å². The summed E-state index contributed by atoms with van der Waals surface area (Å²) in [7, 11) is 0. The molecule has 1 aromatic heterocycles. The smallest absolute Gasteiger partial charge is 0.266 e. The number of rotatable bonds is 4. The van der Waals surface area contributed by atoms with Gasteiger partial charge in [0, 0.05) is 18.7 Å². The molecule has 4 heteroatoms. The fourth-order valence-electron chi connectivity index (χ4n) is 1.17. The van der Waals surface area contributed by atoms with Crippen molar-refractivity contribution >= 4 is 0 Å². The third kappa shape index (κ3) is 3.30. The fraction of sp³-hybridized carbons (Fsp3) is 0.600. The van der Waals surface area contributed by atoms with E-state index in [1.807, 2.05) is 6.92 Å². The Balaban J connectivity index is 2.58. The van der Waals surface area contributed by atoms with E-state index >= 15 is 0 Å². The molecular formula is C10H17N3O. The number of hydrogen-bond acceptors (Lipinski definition) is 3. The van der Waals surface area contributed by atoms with Crippen LogP contribution in [0.3, 0.4) is 0 Å². The molecule has 0 radical (unpaired) electrons. The maximum absolute atomic E-state index is 11.3. The second-order valence-electron chi connectivity index (χ2n) is 3.64. The molecule has 0 aliphatic heterocycles. The van der Waals surface area contributed by atoms with Crippen molar-refractivity contribution in [2.75, 3.05) is 6.54 Å². The van der Waals surface area contributed by atoms with E-state index in [0.717, 1.165) is 12.2 Å². The van der Waals surface area contributed by atoms with Crippen molar-refractivity contribution < 1.29 is 0 Å². The van der Waals surface area contributed by atoms with Gasteiger partial charge in [0.2, 0.25) is 0 Å². The van der Waals surface area contributed by atoms with E-state index in [-0.39, 0.29) is 5.56 Å². The van der Waals surface area contributed by atoms with Gasteiger partial charge in [0.25, 0.3) is 5.56 Å². The molecule has 4 nitrogen and oxygen atoms in total. The number of aryl methyl sites for hydroxylation is 1. The van der Waals surface area contributed by atoms with Gasteiger partial charge in [0.15, 0.2) is 0 Å². The molecule has 0 saturated heterocycles. The molecule has 78 valence electrons. The van der Waals surface area contributed by atoms with Crippen LogP contribution in [0.4, 0.5) is 0 Å². The molecule has 0 bridgehead atoms. The standard InChI is InChI=1S/C10H17N3O/c1-8(2)11-6-7-13-10(14)5-4-9(3)12-13/h4-5,8,11H,6-7H2,1-3H3. The lowest BCUT2D eigenvalue weighted by Gasteiger charge is -2.08. The van der Waals surface area contributed by atoms with E-state index in [4.69, 9.17) is 0 Å². The monoisotopic (exact) mass is 195 g/mol. The molecule has 0 aliphatic rings. The molecule has 0 unspecified atom stereocenters. The number of nitrogens with one attached hydrogen (secondary N) is 1. The van der Waals surface area contributed by atoms with Gasteiger partial charge in [-0.05, 0) is 13.0 Å². The zero-order valence-electron chi connectivity index (χ0n) is 8.95. The van der Waals surface area contributed by atoms with Gasteiger partial charge in [-0.1, -0.05) is 13.8 Å². The first-order chi connectivity index (χ1) is 6.59. The van der Waals surface area contributed by atoms with Crippen LogP contribution in [0.5, 0.6) is 0 Å². The van der Waals surface area contributed by atoms with Crippen LogP contribution in [0, 0.1) is 6.92 Å². The Morgan fingerprint density at radius 2 is 2.21 bits per heavy atom. The zero-order chi connectivity index (χ0) is 10.6. The lowest BCUT2D eigenvalue weighted by molar-refractivity contribution is 0.497. The lowest BCUT2D eigenvalue weighted by Crippen LogP contribution is -2.31. The van der Waals surface area contributed by atoms with Crippen molar-refractivity contribution in [2.24, 2.45) is 0 Å². The van der Waals surface area contributed by atoms with Gasteiger partial charge in [-0.15, -0.1) is 0 Å². The molecule has 0 aliphatic carbocycles. The molecule has 1 rings (SSSR count). The van der Waals surface area contributed by atoms with Crippen LogP contribution in [0.1, 0.15) is 19.5 Å². The molecule has 0 saturated carbocycles. The molecule has 1 heterocycles. The fourth-order valence-corrected chi connectivity index (χ4v) is 1.17. The van der Waals surface area contributed by atoms with Crippen LogP contribution >= 0.6 is 0 Å².